The molecule has 2 atom stereocenters. The van der Waals surface area contributed by atoms with Crippen LogP contribution in [0.15, 0.2) is 0 Å². The van der Waals surface area contributed by atoms with E-state index in [0.717, 1.165) is 19.4 Å². The Morgan fingerprint density at radius 1 is 1.47 bits per heavy atom. The van der Waals surface area contributed by atoms with E-state index >= 15 is 0 Å². The minimum atomic E-state index is -0.731. The summed E-state index contributed by atoms with van der Waals surface area (Å²) in [5, 5.41) is 12.8. The second-order valence-electron chi connectivity index (χ2n) is 7.56. The van der Waals surface area contributed by atoms with Crippen molar-refractivity contribution < 1.29 is 9.90 Å². The fourth-order valence-electron chi connectivity index (χ4n) is 3.21. The average Bonchev–Trinajstić information content (AvgIpc) is 2.59. The summed E-state index contributed by atoms with van der Waals surface area (Å²) in [5.41, 5.74) is -0.486. The zero-order chi connectivity index (χ0) is 14.8. The van der Waals surface area contributed by atoms with E-state index in [1.165, 1.54) is 0 Å². The van der Waals surface area contributed by atoms with E-state index in [1.54, 1.807) is 0 Å². The quantitative estimate of drug-likeness (QED) is 0.805. The van der Waals surface area contributed by atoms with Gasteiger partial charge in [-0.2, -0.15) is 0 Å². The first-order valence-corrected chi connectivity index (χ1v) is 7.27. The third-order valence-corrected chi connectivity index (χ3v) is 3.81. The molecule has 0 aromatic carbocycles. The summed E-state index contributed by atoms with van der Waals surface area (Å²) in [4.78, 5) is 14.0. The van der Waals surface area contributed by atoms with E-state index in [0.29, 0.717) is 12.5 Å². The molecule has 0 radical (unpaired) electrons. The summed E-state index contributed by atoms with van der Waals surface area (Å²) in [7, 11) is 2.11. The van der Waals surface area contributed by atoms with Crippen molar-refractivity contribution in [3.63, 3.8) is 0 Å². The number of carbonyl (C=O) groups is 1. The molecule has 1 rings (SSSR count). The summed E-state index contributed by atoms with van der Waals surface area (Å²) in [6, 6.07) is 0.560. The van der Waals surface area contributed by atoms with E-state index in [2.05, 4.69) is 38.0 Å². The summed E-state index contributed by atoms with van der Waals surface area (Å²) in [5.74, 6) is -0.701. The summed E-state index contributed by atoms with van der Waals surface area (Å²) < 4.78 is 0. The van der Waals surface area contributed by atoms with E-state index in [4.69, 9.17) is 0 Å². The van der Waals surface area contributed by atoms with Gasteiger partial charge in [-0.1, -0.05) is 20.8 Å². The number of nitrogens with zero attached hydrogens (tertiary/aromatic N) is 1. The van der Waals surface area contributed by atoms with Gasteiger partial charge in [0.05, 0.1) is 0 Å². The number of carboxylic acids is 1. The second-order valence-corrected chi connectivity index (χ2v) is 7.56. The topological polar surface area (TPSA) is 52.6 Å². The van der Waals surface area contributed by atoms with Gasteiger partial charge in [-0.25, -0.2) is 0 Å². The molecule has 2 unspecified atom stereocenters. The van der Waals surface area contributed by atoms with Crippen molar-refractivity contribution in [3.05, 3.63) is 0 Å². The Morgan fingerprint density at radius 3 is 2.47 bits per heavy atom. The van der Waals surface area contributed by atoms with Gasteiger partial charge in [0.15, 0.2) is 0 Å². The SMILES string of the molecule is CC(C)NC1(C(=O)O)CCC(N(C)CC(C)(C)C)C1. The van der Waals surface area contributed by atoms with Crippen LogP contribution in [0.5, 0.6) is 0 Å². The number of rotatable bonds is 5. The van der Waals surface area contributed by atoms with Crippen molar-refractivity contribution in [1.29, 1.82) is 0 Å². The number of nitrogens with one attached hydrogen (secondary N) is 1. The number of aliphatic carboxylic acids is 1. The Kier molecular flexibility index (Phi) is 5.02. The summed E-state index contributed by atoms with van der Waals surface area (Å²) in [6.07, 6.45) is 2.38. The largest absolute Gasteiger partial charge is 0.480 e. The van der Waals surface area contributed by atoms with Crippen LogP contribution >= 0.6 is 0 Å². The van der Waals surface area contributed by atoms with Crippen LogP contribution in [0.3, 0.4) is 0 Å². The Morgan fingerprint density at radius 2 is 2.05 bits per heavy atom. The van der Waals surface area contributed by atoms with E-state index < -0.39 is 11.5 Å². The molecule has 0 spiro atoms. The standard InChI is InChI=1S/C15H30N2O2/c1-11(2)16-15(13(18)19)8-7-12(9-15)17(6)10-14(3,4)5/h11-12,16H,7-10H2,1-6H3,(H,18,19). The third-order valence-electron chi connectivity index (χ3n) is 3.81. The van der Waals surface area contributed by atoms with Gasteiger partial charge in [-0.15, -0.1) is 0 Å². The zero-order valence-electron chi connectivity index (χ0n) is 13.3. The number of hydrogen-bond donors (Lipinski definition) is 2. The smallest absolute Gasteiger partial charge is 0.323 e. The molecule has 1 aliphatic rings. The average molecular weight is 270 g/mol. The molecule has 19 heavy (non-hydrogen) atoms. The van der Waals surface area contributed by atoms with Gasteiger partial charge in [0.1, 0.15) is 5.54 Å². The molecule has 1 fully saturated rings. The first-order valence-electron chi connectivity index (χ1n) is 7.27. The van der Waals surface area contributed by atoms with Gasteiger partial charge < -0.3 is 10.0 Å². The highest BCUT2D eigenvalue weighted by Crippen LogP contribution is 2.34. The van der Waals surface area contributed by atoms with E-state index in [9.17, 15) is 9.90 Å². The lowest BCUT2D eigenvalue weighted by molar-refractivity contribution is -0.145. The lowest BCUT2D eigenvalue weighted by Crippen LogP contribution is -2.54. The van der Waals surface area contributed by atoms with Gasteiger partial charge in [0.25, 0.3) is 0 Å². The maximum absolute atomic E-state index is 11.6. The zero-order valence-corrected chi connectivity index (χ0v) is 13.3. The van der Waals surface area contributed by atoms with Gasteiger partial charge >= 0.3 is 5.97 Å². The summed E-state index contributed by atoms with van der Waals surface area (Å²) >= 11 is 0. The molecule has 112 valence electrons. The van der Waals surface area contributed by atoms with Gasteiger partial charge in [0.2, 0.25) is 0 Å². The minimum Gasteiger partial charge on any atom is -0.480 e. The van der Waals surface area contributed by atoms with Crippen LogP contribution in [0.2, 0.25) is 0 Å². The van der Waals surface area contributed by atoms with Crippen LogP contribution in [0, 0.1) is 5.41 Å². The van der Waals surface area contributed by atoms with Crippen LogP contribution in [0.25, 0.3) is 0 Å². The Hall–Kier alpha value is -0.610. The molecule has 4 heteroatoms. The molecule has 0 aromatic heterocycles. The fourth-order valence-corrected chi connectivity index (χ4v) is 3.21. The van der Waals surface area contributed by atoms with Crippen LogP contribution in [-0.2, 0) is 4.79 Å². The molecule has 0 saturated heterocycles. The maximum atomic E-state index is 11.6. The number of hydrogen-bond acceptors (Lipinski definition) is 3. The molecule has 1 aliphatic carbocycles. The van der Waals surface area contributed by atoms with E-state index in [1.807, 2.05) is 13.8 Å². The van der Waals surface area contributed by atoms with Crippen LogP contribution in [-0.4, -0.2) is 47.2 Å². The van der Waals surface area contributed by atoms with Crippen molar-refractivity contribution in [2.45, 2.75) is 71.5 Å². The first kappa shape index (κ1) is 16.4. The molecule has 0 amide bonds. The van der Waals surface area contributed by atoms with Crippen molar-refractivity contribution in [1.82, 2.24) is 10.2 Å². The van der Waals surface area contributed by atoms with Gasteiger partial charge in [-0.05, 0) is 45.6 Å². The molecule has 0 aromatic rings. The predicted molar refractivity (Wildman–Crippen MR) is 78.4 cm³/mol. The van der Waals surface area contributed by atoms with Gasteiger partial charge in [-0.3, -0.25) is 10.1 Å². The monoisotopic (exact) mass is 270 g/mol. The Balaban J connectivity index is 2.71. The lowest BCUT2D eigenvalue weighted by Gasteiger charge is -2.33. The highest BCUT2D eigenvalue weighted by molar-refractivity contribution is 5.79. The van der Waals surface area contributed by atoms with Crippen molar-refractivity contribution in [2.75, 3.05) is 13.6 Å². The molecule has 2 N–H and O–H groups in total. The lowest BCUT2D eigenvalue weighted by atomic mass is 9.94. The summed E-state index contributed by atoms with van der Waals surface area (Å²) in [6.45, 7) is 11.7. The first-order chi connectivity index (χ1) is 8.56. The Bertz CT molecular complexity index is 323. The predicted octanol–water partition coefficient (Wildman–Crippen LogP) is 2.34. The Labute approximate surface area is 117 Å². The van der Waals surface area contributed by atoms with Crippen molar-refractivity contribution in [3.8, 4) is 0 Å². The molecule has 0 aliphatic heterocycles. The highest BCUT2D eigenvalue weighted by atomic mass is 16.4. The molecular formula is C15H30N2O2. The molecule has 0 bridgehead atoms. The van der Waals surface area contributed by atoms with Crippen LogP contribution in [0.1, 0.15) is 53.9 Å². The van der Waals surface area contributed by atoms with E-state index in [-0.39, 0.29) is 11.5 Å². The third kappa shape index (κ3) is 4.46. The van der Waals surface area contributed by atoms with Crippen LogP contribution in [0.4, 0.5) is 0 Å². The van der Waals surface area contributed by atoms with Crippen molar-refractivity contribution in [2.24, 2.45) is 5.41 Å². The van der Waals surface area contributed by atoms with Crippen molar-refractivity contribution >= 4 is 5.97 Å². The minimum absolute atomic E-state index is 0.197. The van der Waals surface area contributed by atoms with Crippen LogP contribution < -0.4 is 5.32 Å². The normalized spacial score (nSPS) is 28.3. The van der Waals surface area contributed by atoms with Gasteiger partial charge in [0, 0.05) is 18.6 Å². The number of carboxylic acid groups (broad SMARTS) is 1. The second kappa shape index (κ2) is 5.80. The molecule has 1 saturated carbocycles. The molecule has 4 nitrogen and oxygen atoms in total. The fraction of sp³-hybridized carbons (Fsp3) is 0.933. The molecule has 0 heterocycles. The highest BCUT2D eigenvalue weighted by Gasteiger charge is 2.46. The maximum Gasteiger partial charge on any atom is 0.323 e. The molecular weight excluding hydrogens is 240 g/mol.